The molecule has 2 aromatic heterocycles. The van der Waals surface area contributed by atoms with Gasteiger partial charge >= 0.3 is 0 Å². The summed E-state index contributed by atoms with van der Waals surface area (Å²) in [5.41, 5.74) is 0.891. The summed E-state index contributed by atoms with van der Waals surface area (Å²) in [5, 5.41) is 6.69. The molecule has 0 aromatic carbocycles. The number of carbonyl (C=O) groups excluding carboxylic acids is 1. The van der Waals surface area contributed by atoms with Crippen LogP contribution >= 0.6 is 22.7 Å². The molecule has 0 aliphatic carbocycles. The maximum Gasteiger partial charge on any atom is 0.263 e. The van der Waals surface area contributed by atoms with Gasteiger partial charge in [0.05, 0.1) is 36.2 Å². The molecule has 3 rings (SSSR count). The van der Waals surface area contributed by atoms with E-state index < -0.39 is 6.29 Å². The highest BCUT2D eigenvalue weighted by Gasteiger charge is 2.24. The van der Waals surface area contributed by atoms with Gasteiger partial charge in [-0.3, -0.25) is 4.79 Å². The summed E-state index contributed by atoms with van der Waals surface area (Å²) in [5.74, 6) is -0.153. The van der Waals surface area contributed by atoms with E-state index in [9.17, 15) is 4.79 Å². The molecule has 1 atom stereocenters. The smallest absolute Gasteiger partial charge is 0.263 e. The van der Waals surface area contributed by atoms with Crippen molar-refractivity contribution in [3.63, 3.8) is 0 Å². The van der Waals surface area contributed by atoms with Crippen LogP contribution in [0.25, 0.3) is 0 Å². The molecule has 3 heterocycles. The van der Waals surface area contributed by atoms with E-state index in [1.807, 2.05) is 12.3 Å². The van der Waals surface area contributed by atoms with E-state index >= 15 is 0 Å². The predicted molar refractivity (Wildman–Crippen MR) is 84.1 cm³/mol. The minimum Gasteiger partial charge on any atom is -0.344 e. The highest BCUT2D eigenvalue weighted by Crippen LogP contribution is 2.27. The Balaban J connectivity index is 1.63. The summed E-state index contributed by atoms with van der Waals surface area (Å²) in [6.45, 7) is 5.12. The second-order valence-corrected chi connectivity index (χ2v) is 6.86. The summed E-state index contributed by atoms with van der Waals surface area (Å²) < 4.78 is 10.8. The highest BCUT2D eigenvalue weighted by atomic mass is 32.1. The number of aromatic nitrogens is 2. The first-order valence-corrected chi connectivity index (χ1v) is 8.81. The third-order valence-corrected chi connectivity index (χ3v) is 5.26. The summed E-state index contributed by atoms with van der Waals surface area (Å²) >= 11 is 2.91. The van der Waals surface area contributed by atoms with Crippen LogP contribution in [0, 0.1) is 0 Å². The van der Waals surface area contributed by atoms with Crippen molar-refractivity contribution in [2.75, 3.05) is 13.2 Å². The van der Waals surface area contributed by atoms with Crippen LogP contribution in [0.5, 0.6) is 0 Å². The van der Waals surface area contributed by atoms with Crippen molar-refractivity contribution >= 4 is 28.6 Å². The number of aryl methyl sites for hydroxylation is 1. The Kier molecular flexibility index (Phi) is 4.82. The lowest BCUT2D eigenvalue weighted by Crippen LogP contribution is -2.26. The molecule has 22 heavy (non-hydrogen) atoms. The maximum atomic E-state index is 12.3. The van der Waals surface area contributed by atoms with Gasteiger partial charge in [-0.05, 0) is 13.3 Å². The molecule has 1 N–H and O–H groups in total. The van der Waals surface area contributed by atoms with E-state index in [0.29, 0.717) is 23.1 Å². The van der Waals surface area contributed by atoms with Crippen LogP contribution in [0.4, 0.5) is 0 Å². The summed E-state index contributed by atoms with van der Waals surface area (Å²) in [7, 11) is 0. The number of amides is 1. The Morgan fingerprint density at radius 1 is 1.50 bits per heavy atom. The molecule has 8 heteroatoms. The van der Waals surface area contributed by atoms with Gasteiger partial charge in [-0.15, -0.1) is 22.7 Å². The first-order valence-electron chi connectivity index (χ1n) is 7.11. The molecule has 1 aliphatic rings. The molecule has 6 nitrogen and oxygen atoms in total. The lowest BCUT2D eigenvalue weighted by molar-refractivity contribution is -0.0442. The Labute approximate surface area is 136 Å². The van der Waals surface area contributed by atoms with Crippen LogP contribution in [0.1, 0.15) is 51.6 Å². The van der Waals surface area contributed by atoms with Crippen LogP contribution in [-0.4, -0.2) is 29.1 Å². The fourth-order valence-corrected chi connectivity index (χ4v) is 3.69. The van der Waals surface area contributed by atoms with Crippen LogP contribution in [0.3, 0.4) is 0 Å². The van der Waals surface area contributed by atoms with Crippen molar-refractivity contribution in [3.05, 3.63) is 32.2 Å². The van der Waals surface area contributed by atoms with Crippen LogP contribution in [0.2, 0.25) is 0 Å². The first kappa shape index (κ1) is 15.5. The van der Waals surface area contributed by atoms with Crippen molar-refractivity contribution in [2.24, 2.45) is 0 Å². The standard InChI is InChI=1S/C14H17N3O3S2/c1-3-11-17-9(7-21-11)8(2)16-12(18)10-6-15-13(22-10)14-19-4-5-20-14/h6-8,14H,3-5H2,1-2H3,(H,16,18). The number of hydrogen-bond acceptors (Lipinski definition) is 7. The molecule has 1 aliphatic heterocycles. The van der Waals surface area contributed by atoms with Gasteiger partial charge in [-0.1, -0.05) is 6.92 Å². The van der Waals surface area contributed by atoms with Crippen LogP contribution in [-0.2, 0) is 15.9 Å². The minimum absolute atomic E-state index is 0.131. The van der Waals surface area contributed by atoms with Crippen LogP contribution < -0.4 is 5.32 Å². The van der Waals surface area contributed by atoms with Gasteiger partial charge in [0, 0.05) is 5.38 Å². The van der Waals surface area contributed by atoms with Gasteiger partial charge in [-0.25, -0.2) is 9.97 Å². The number of rotatable bonds is 5. The van der Waals surface area contributed by atoms with Gasteiger partial charge in [0.25, 0.3) is 5.91 Å². The zero-order valence-corrected chi connectivity index (χ0v) is 14.0. The molecule has 2 aromatic rings. The quantitative estimate of drug-likeness (QED) is 0.907. The average molecular weight is 339 g/mol. The second-order valence-electron chi connectivity index (χ2n) is 4.85. The molecule has 0 radical (unpaired) electrons. The molecule has 0 spiro atoms. The third kappa shape index (κ3) is 3.35. The Bertz CT molecular complexity index is 649. The molecule has 1 unspecified atom stereocenters. The van der Waals surface area contributed by atoms with E-state index in [1.54, 1.807) is 17.5 Å². The number of thiazole rings is 2. The maximum absolute atomic E-state index is 12.3. The zero-order valence-electron chi connectivity index (χ0n) is 12.4. The van der Waals surface area contributed by atoms with Crippen molar-refractivity contribution in [1.82, 2.24) is 15.3 Å². The highest BCUT2D eigenvalue weighted by molar-refractivity contribution is 7.13. The first-order chi connectivity index (χ1) is 10.7. The molecular weight excluding hydrogens is 322 g/mol. The molecule has 1 fully saturated rings. The van der Waals surface area contributed by atoms with Crippen molar-refractivity contribution < 1.29 is 14.3 Å². The molecule has 1 amide bonds. The molecule has 1 saturated heterocycles. The fraction of sp³-hybridized carbons (Fsp3) is 0.500. The number of ether oxygens (including phenoxy) is 2. The van der Waals surface area contributed by atoms with E-state index in [2.05, 4.69) is 22.2 Å². The van der Waals surface area contributed by atoms with Gasteiger partial charge in [0.1, 0.15) is 9.88 Å². The zero-order chi connectivity index (χ0) is 15.5. The molecule has 0 saturated carbocycles. The monoisotopic (exact) mass is 339 g/mol. The fourth-order valence-electron chi connectivity index (χ4n) is 2.03. The Morgan fingerprint density at radius 3 is 2.95 bits per heavy atom. The molecule has 118 valence electrons. The minimum atomic E-state index is -0.436. The lowest BCUT2D eigenvalue weighted by atomic mass is 10.2. The van der Waals surface area contributed by atoms with Gasteiger partial charge in [0.15, 0.2) is 0 Å². The van der Waals surface area contributed by atoms with Crippen LogP contribution in [0.15, 0.2) is 11.6 Å². The average Bonchev–Trinajstić information content (AvgIpc) is 3.25. The summed E-state index contributed by atoms with van der Waals surface area (Å²) in [6.07, 6.45) is 2.03. The predicted octanol–water partition coefficient (Wildman–Crippen LogP) is 2.70. The number of nitrogens with one attached hydrogen (secondary N) is 1. The summed E-state index contributed by atoms with van der Waals surface area (Å²) in [6, 6.07) is -0.131. The van der Waals surface area contributed by atoms with E-state index in [-0.39, 0.29) is 11.9 Å². The van der Waals surface area contributed by atoms with Crippen molar-refractivity contribution in [1.29, 1.82) is 0 Å². The van der Waals surface area contributed by atoms with Crippen molar-refractivity contribution in [3.8, 4) is 0 Å². The Hall–Kier alpha value is -1.35. The number of nitrogens with zero attached hydrogens (tertiary/aromatic N) is 2. The normalized spacial score (nSPS) is 16.8. The largest absolute Gasteiger partial charge is 0.344 e. The van der Waals surface area contributed by atoms with E-state index in [1.165, 1.54) is 11.3 Å². The number of carbonyl (C=O) groups is 1. The second kappa shape index (κ2) is 6.82. The third-order valence-electron chi connectivity index (χ3n) is 3.23. The summed E-state index contributed by atoms with van der Waals surface area (Å²) in [4.78, 5) is 21.5. The van der Waals surface area contributed by atoms with Crippen molar-refractivity contribution in [2.45, 2.75) is 32.6 Å². The topological polar surface area (TPSA) is 73.3 Å². The Morgan fingerprint density at radius 2 is 2.27 bits per heavy atom. The lowest BCUT2D eigenvalue weighted by Gasteiger charge is -2.10. The van der Waals surface area contributed by atoms with Gasteiger partial charge in [0.2, 0.25) is 6.29 Å². The number of hydrogen-bond donors (Lipinski definition) is 1. The SMILES string of the molecule is CCc1nc(C(C)NC(=O)c2cnc(C3OCCO3)s2)cs1. The van der Waals surface area contributed by atoms with E-state index in [0.717, 1.165) is 17.1 Å². The molecule has 0 bridgehead atoms. The van der Waals surface area contributed by atoms with E-state index in [4.69, 9.17) is 9.47 Å². The molecular formula is C14H17N3O3S2. The van der Waals surface area contributed by atoms with Gasteiger partial charge < -0.3 is 14.8 Å². The van der Waals surface area contributed by atoms with Gasteiger partial charge in [-0.2, -0.15) is 0 Å².